The third kappa shape index (κ3) is 10.9. The van der Waals surface area contributed by atoms with Crippen molar-refractivity contribution in [3.05, 3.63) is 24.3 Å². The Morgan fingerprint density at radius 3 is 2.28 bits per heavy atom. The van der Waals surface area contributed by atoms with Crippen LogP contribution in [-0.4, -0.2) is 140 Å². The van der Waals surface area contributed by atoms with Crippen molar-refractivity contribution in [1.29, 1.82) is 0 Å². The van der Waals surface area contributed by atoms with Gasteiger partial charge in [-0.1, -0.05) is 39.3 Å². The number of rotatable bonds is 9. The maximum atomic E-state index is 14.2. The fourth-order valence-corrected chi connectivity index (χ4v) is 8.94. The molecule has 2 saturated heterocycles. The number of hydrogen-bond donors (Lipinski definition) is 4. The van der Waals surface area contributed by atoms with Gasteiger partial charge in [-0.05, 0) is 73.9 Å². The van der Waals surface area contributed by atoms with Gasteiger partial charge in [-0.2, -0.15) is 0 Å². The Kier molecular flexibility index (Phi) is 16.0. The summed E-state index contributed by atoms with van der Waals surface area (Å²) in [5, 5.41) is 52.9. The van der Waals surface area contributed by atoms with Gasteiger partial charge in [0.05, 0.1) is 41.7 Å². The summed E-state index contributed by atoms with van der Waals surface area (Å²) < 4.78 is 30.8. The van der Waals surface area contributed by atoms with E-state index in [2.05, 4.69) is 15.1 Å². The lowest BCUT2D eigenvalue weighted by Crippen LogP contribution is -2.60. The molecule has 1 aromatic rings. The SMILES string of the molecule is CC[C@@H]1OC(=O)[C@H](C)[C@@H](OC(=O)c2cnccn2)[C@H](C)[C@@H](O[C@@H]2O[C@H](C)C[C@H](N(C)C)[C@H]2O)[C@@](C)(O)C[C@H](C)/C(=N\OC2(OC)CCCCC2)[C@@H](C)[C@@H](O)[C@]1(C)O. The minimum Gasteiger partial charge on any atom is -0.459 e. The Bertz CT molecular complexity index is 1490. The van der Waals surface area contributed by atoms with E-state index in [1.54, 1.807) is 34.8 Å². The first-order valence-corrected chi connectivity index (χ1v) is 20.5. The molecule has 0 aromatic carbocycles. The number of aliphatic hydroxyl groups is 4. The molecule has 4 rings (SSSR count). The third-order valence-corrected chi connectivity index (χ3v) is 12.4. The normalized spacial score (nSPS) is 40.6. The van der Waals surface area contributed by atoms with Crippen molar-refractivity contribution in [2.45, 2.75) is 173 Å². The molecule has 0 spiro atoms. The summed E-state index contributed by atoms with van der Waals surface area (Å²) >= 11 is 0. The first-order valence-electron chi connectivity index (χ1n) is 20.5. The maximum absolute atomic E-state index is 14.2. The van der Waals surface area contributed by atoms with E-state index in [1.165, 1.54) is 32.4 Å². The first kappa shape index (κ1) is 46.9. The van der Waals surface area contributed by atoms with E-state index >= 15 is 0 Å². The minimum absolute atomic E-state index is 0.0558. The summed E-state index contributed by atoms with van der Waals surface area (Å²) in [6, 6.07) is -0.347. The molecule has 16 nitrogen and oxygen atoms in total. The fraction of sp³-hybridized carbons (Fsp3) is 0.829. The van der Waals surface area contributed by atoms with Crippen LogP contribution < -0.4 is 0 Å². The summed E-state index contributed by atoms with van der Waals surface area (Å²) in [6.45, 7) is 13.3. The Morgan fingerprint density at radius 1 is 1.04 bits per heavy atom. The van der Waals surface area contributed by atoms with Crippen molar-refractivity contribution in [2.24, 2.45) is 28.8 Å². The van der Waals surface area contributed by atoms with Gasteiger partial charge < -0.3 is 53.8 Å². The summed E-state index contributed by atoms with van der Waals surface area (Å²) in [6.07, 6.45) is 0.543. The Hall–Kier alpha value is -2.83. The number of carbonyl (C=O) groups excluding carboxylic acids is 2. The van der Waals surface area contributed by atoms with Crippen LogP contribution in [0.2, 0.25) is 0 Å². The van der Waals surface area contributed by atoms with Crippen LogP contribution in [0.15, 0.2) is 23.7 Å². The largest absolute Gasteiger partial charge is 0.459 e. The minimum atomic E-state index is -1.99. The lowest BCUT2D eigenvalue weighted by molar-refractivity contribution is -0.298. The second kappa shape index (κ2) is 19.5. The molecule has 3 heterocycles. The number of nitrogens with zero attached hydrogens (tertiary/aromatic N) is 4. The second-order valence-electron chi connectivity index (χ2n) is 17.3. The number of likely N-dealkylation sites (N-methyl/N-ethyl adjacent to an activating group) is 1. The fourth-order valence-electron chi connectivity index (χ4n) is 8.94. The van der Waals surface area contributed by atoms with Crippen molar-refractivity contribution in [2.75, 3.05) is 21.2 Å². The zero-order valence-corrected chi connectivity index (χ0v) is 35.7. The van der Waals surface area contributed by atoms with Crippen LogP contribution in [0.4, 0.5) is 0 Å². The molecule has 2 aliphatic heterocycles. The molecule has 0 radical (unpaired) electrons. The molecular weight excluding hydrogens is 740 g/mol. The molecule has 4 N–H and O–H groups in total. The summed E-state index contributed by atoms with van der Waals surface area (Å²) in [5.41, 5.74) is -3.60. The number of hydrogen-bond acceptors (Lipinski definition) is 16. The second-order valence-corrected chi connectivity index (χ2v) is 17.3. The monoisotopic (exact) mass is 808 g/mol. The highest BCUT2D eigenvalue weighted by molar-refractivity contribution is 5.89. The summed E-state index contributed by atoms with van der Waals surface area (Å²) in [5.74, 6) is -6.38. The van der Waals surface area contributed by atoms with E-state index in [9.17, 15) is 30.0 Å². The van der Waals surface area contributed by atoms with Gasteiger partial charge in [-0.15, -0.1) is 0 Å². The summed E-state index contributed by atoms with van der Waals surface area (Å²) in [7, 11) is 5.26. The van der Waals surface area contributed by atoms with E-state index < -0.39 is 89.4 Å². The van der Waals surface area contributed by atoms with Crippen molar-refractivity contribution in [3.8, 4) is 0 Å². The molecule has 0 bridgehead atoms. The Balaban J connectivity index is 1.88. The molecule has 1 saturated carbocycles. The van der Waals surface area contributed by atoms with E-state index in [0.29, 0.717) is 25.0 Å². The molecule has 3 aliphatic rings. The van der Waals surface area contributed by atoms with Gasteiger partial charge in [0, 0.05) is 56.1 Å². The van der Waals surface area contributed by atoms with E-state index in [4.69, 9.17) is 28.5 Å². The zero-order valence-electron chi connectivity index (χ0n) is 35.7. The van der Waals surface area contributed by atoms with E-state index in [1.807, 2.05) is 32.8 Å². The molecule has 16 heteroatoms. The van der Waals surface area contributed by atoms with E-state index in [-0.39, 0.29) is 30.7 Å². The van der Waals surface area contributed by atoms with Crippen LogP contribution in [0.25, 0.3) is 0 Å². The van der Waals surface area contributed by atoms with Crippen LogP contribution in [0.1, 0.15) is 117 Å². The van der Waals surface area contributed by atoms with Crippen molar-refractivity contribution < 1.29 is 58.5 Å². The molecule has 14 atom stereocenters. The standard InChI is InChI=1S/C41H68N4O12/c1-12-30-40(8,51)34(47)25(4)31(44-57-41(52-11)16-14-13-15-17-41)23(2)21-39(7,50)35(56-38-32(46)29(45(9)10)20-24(3)53-38)26(5)33(27(6)36(48)54-30)55-37(49)28-22-42-18-19-43-28/h18-19,22-27,29-30,32-35,38,46-47,50-51H,12-17,20-21H2,1-11H3/b44-31+/t23-,24+,25+,26-,27+,29-,30-,32+,33-,34+,35+,38-,39-,40+/m0/s1. The maximum Gasteiger partial charge on any atom is 0.358 e. The Morgan fingerprint density at radius 2 is 1.70 bits per heavy atom. The average Bonchev–Trinajstić information content (AvgIpc) is 3.17. The van der Waals surface area contributed by atoms with Crippen molar-refractivity contribution >= 4 is 17.7 Å². The van der Waals surface area contributed by atoms with E-state index in [0.717, 1.165) is 19.3 Å². The average molecular weight is 809 g/mol. The number of methoxy groups -OCH3 is 1. The van der Waals surface area contributed by atoms with Crippen LogP contribution in [0.3, 0.4) is 0 Å². The van der Waals surface area contributed by atoms with Gasteiger partial charge in [0.2, 0.25) is 5.79 Å². The third-order valence-electron chi connectivity index (χ3n) is 12.4. The molecule has 1 aliphatic carbocycles. The summed E-state index contributed by atoms with van der Waals surface area (Å²) in [4.78, 5) is 44.0. The van der Waals surface area contributed by atoms with Crippen LogP contribution >= 0.6 is 0 Å². The first-order chi connectivity index (χ1) is 26.7. The van der Waals surface area contributed by atoms with Gasteiger partial charge in [0.15, 0.2) is 12.0 Å². The highest BCUT2D eigenvalue weighted by Crippen LogP contribution is 2.40. The number of aromatic nitrogens is 2. The van der Waals surface area contributed by atoms with Crippen molar-refractivity contribution in [1.82, 2.24) is 14.9 Å². The molecule has 0 amide bonds. The predicted molar refractivity (Wildman–Crippen MR) is 209 cm³/mol. The number of cyclic esters (lactones) is 1. The Labute approximate surface area is 337 Å². The van der Waals surface area contributed by atoms with Crippen molar-refractivity contribution in [3.63, 3.8) is 0 Å². The number of ether oxygens (including phenoxy) is 5. The predicted octanol–water partition coefficient (Wildman–Crippen LogP) is 3.63. The van der Waals surface area contributed by atoms with Crippen LogP contribution in [-0.2, 0) is 33.3 Å². The topological polar surface area (TPSA) is 212 Å². The number of aliphatic hydroxyl groups excluding tert-OH is 2. The highest BCUT2D eigenvalue weighted by atomic mass is 16.8. The molecule has 3 fully saturated rings. The van der Waals surface area contributed by atoms with Crippen LogP contribution in [0.5, 0.6) is 0 Å². The van der Waals surface area contributed by atoms with Gasteiger partial charge >= 0.3 is 11.9 Å². The number of esters is 2. The lowest BCUT2D eigenvalue weighted by Gasteiger charge is -2.47. The smallest absolute Gasteiger partial charge is 0.358 e. The van der Waals surface area contributed by atoms with Crippen LogP contribution in [0, 0.1) is 23.7 Å². The lowest BCUT2D eigenvalue weighted by atomic mass is 9.73. The van der Waals surface area contributed by atoms with Gasteiger partial charge in [0.1, 0.15) is 23.9 Å². The number of carbonyl (C=O) groups is 2. The molecule has 1 aromatic heterocycles. The highest BCUT2D eigenvalue weighted by Gasteiger charge is 2.52. The quantitative estimate of drug-likeness (QED) is 0.159. The van der Waals surface area contributed by atoms with Gasteiger partial charge in [-0.3, -0.25) is 9.78 Å². The van der Waals surface area contributed by atoms with Gasteiger partial charge in [0.25, 0.3) is 0 Å². The molecule has 324 valence electrons. The molecular formula is C41H68N4O12. The number of oxime groups is 1. The zero-order chi connectivity index (χ0) is 42.5. The molecule has 57 heavy (non-hydrogen) atoms. The molecule has 0 unspecified atom stereocenters. The van der Waals surface area contributed by atoms with Gasteiger partial charge in [-0.25, -0.2) is 9.78 Å².